The van der Waals surface area contributed by atoms with Gasteiger partial charge in [0.15, 0.2) is 0 Å². The molecule has 0 radical (unpaired) electrons. The van der Waals surface area contributed by atoms with Crippen molar-refractivity contribution in [1.29, 1.82) is 0 Å². The van der Waals surface area contributed by atoms with E-state index in [1.165, 1.54) is 38.2 Å². The lowest BCUT2D eigenvalue weighted by Crippen LogP contribution is -2.35. The van der Waals surface area contributed by atoms with Gasteiger partial charge in [-0.15, -0.1) is 0 Å². The van der Waals surface area contributed by atoms with Crippen molar-refractivity contribution in [3.05, 3.63) is 17.5 Å². The molecular formula is C15H28N4. The second-order valence-electron chi connectivity index (χ2n) is 5.95. The predicted octanol–water partition coefficient (Wildman–Crippen LogP) is 1.82. The summed E-state index contributed by atoms with van der Waals surface area (Å²) in [4.78, 5) is 2.43. The van der Waals surface area contributed by atoms with Gasteiger partial charge in [0.25, 0.3) is 0 Å². The number of nitrogens with zero attached hydrogens (tertiary/aromatic N) is 3. The highest BCUT2D eigenvalue weighted by molar-refractivity contribution is 5.06. The first-order chi connectivity index (χ1) is 9.15. The van der Waals surface area contributed by atoms with Crippen molar-refractivity contribution in [3.63, 3.8) is 0 Å². The van der Waals surface area contributed by atoms with E-state index in [0.717, 1.165) is 31.1 Å². The Hall–Kier alpha value is -0.870. The molecule has 4 nitrogen and oxygen atoms in total. The summed E-state index contributed by atoms with van der Waals surface area (Å²) in [6, 6.07) is 2.14. The summed E-state index contributed by atoms with van der Waals surface area (Å²) in [6.07, 6.45) is 3.86. The number of hydrogen-bond acceptors (Lipinski definition) is 3. The van der Waals surface area contributed by atoms with Gasteiger partial charge in [-0.1, -0.05) is 0 Å². The first-order valence-electron chi connectivity index (χ1n) is 7.55. The number of aryl methyl sites for hydroxylation is 3. The first kappa shape index (κ1) is 14.5. The highest BCUT2D eigenvalue weighted by atomic mass is 15.3. The van der Waals surface area contributed by atoms with Crippen molar-refractivity contribution in [2.24, 2.45) is 5.92 Å². The van der Waals surface area contributed by atoms with E-state index in [0.29, 0.717) is 0 Å². The molecule has 2 heterocycles. The minimum atomic E-state index is 0.880. The maximum absolute atomic E-state index is 4.49. The molecule has 0 amide bonds. The SMILES string of the molecule is Cc1cc(C)n(CCCNCC2CCN(C)CC2)n1. The van der Waals surface area contributed by atoms with Crippen LogP contribution in [-0.2, 0) is 6.54 Å². The molecule has 1 N–H and O–H groups in total. The number of rotatable bonds is 6. The van der Waals surface area contributed by atoms with Gasteiger partial charge in [0, 0.05) is 12.2 Å². The Morgan fingerprint density at radius 1 is 1.32 bits per heavy atom. The van der Waals surface area contributed by atoms with Crippen molar-refractivity contribution in [1.82, 2.24) is 20.0 Å². The molecule has 0 atom stereocenters. The Labute approximate surface area is 117 Å². The molecule has 4 heteroatoms. The van der Waals surface area contributed by atoms with Gasteiger partial charge >= 0.3 is 0 Å². The number of aromatic nitrogens is 2. The van der Waals surface area contributed by atoms with Crippen LogP contribution >= 0.6 is 0 Å². The van der Waals surface area contributed by atoms with E-state index in [2.05, 4.69) is 47.0 Å². The van der Waals surface area contributed by atoms with E-state index in [-0.39, 0.29) is 0 Å². The van der Waals surface area contributed by atoms with Gasteiger partial charge in [0.05, 0.1) is 5.69 Å². The number of hydrogen-bond donors (Lipinski definition) is 1. The molecule has 1 aromatic rings. The molecule has 1 aromatic heterocycles. The van der Waals surface area contributed by atoms with E-state index >= 15 is 0 Å². The van der Waals surface area contributed by atoms with E-state index in [4.69, 9.17) is 0 Å². The minimum Gasteiger partial charge on any atom is -0.316 e. The summed E-state index contributed by atoms with van der Waals surface area (Å²) >= 11 is 0. The fourth-order valence-corrected chi connectivity index (χ4v) is 2.83. The number of piperidine rings is 1. The molecule has 0 spiro atoms. The summed E-state index contributed by atoms with van der Waals surface area (Å²) < 4.78 is 2.12. The van der Waals surface area contributed by atoms with Gasteiger partial charge in [-0.25, -0.2) is 0 Å². The molecule has 19 heavy (non-hydrogen) atoms. The second-order valence-corrected chi connectivity index (χ2v) is 5.95. The molecule has 1 fully saturated rings. The van der Waals surface area contributed by atoms with Gasteiger partial charge in [-0.05, 0) is 78.3 Å². The largest absolute Gasteiger partial charge is 0.316 e. The Morgan fingerprint density at radius 2 is 2.05 bits per heavy atom. The third-order valence-corrected chi connectivity index (χ3v) is 4.10. The number of nitrogens with one attached hydrogen (secondary N) is 1. The smallest absolute Gasteiger partial charge is 0.0596 e. The maximum Gasteiger partial charge on any atom is 0.0596 e. The second kappa shape index (κ2) is 7.06. The Kier molecular flexibility index (Phi) is 5.40. The van der Waals surface area contributed by atoms with Crippen LogP contribution in [0.2, 0.25) is 0 Å². The van der Waals surface area contributed by atoms with E-state index in [1.54, 1.807) is 0 Å². The molecule has 0 saturated carbocycles. The number of likely N-dealkylation sites (tertiary alicyclic amines) is 1. The standard InChI is InChI=1S/C15H28N4/c1-13-11-14(2)19(17-13)8-4-7-16-12-15-5-9-18(3)10-6-15/h11,15-16H,4-10,12H2,1-3H3. The summed E-state index contributed by atoms with van der Waals surface area (Å²) in [6.45, 7) is 10.0. The normalized spacial score (nSPS) is 18.1. The fourth-order valence-electron chi connectivity index (χ4n) is 2.83. The van der Waals surface area contributed by atoms with Crippen LogP contribution in [0.1, 0.15) is 30.7 Å². The van der Waals surface area contributed by atoms with Crippen molar-refractivity contribution in [2.75, 3.05) is 33.2 Å². The van der Waals surface area contributed by atoms with Gasteiger partial charge in [0.2, 0.25) is 0 Å². The average Bonchev–Trinajstić information content (AvgIpc) is 2.70. The van der Waals surface area contributed by atoms with Crippen LogP contribution < -0.4 is 5.32 Å². The third-order valence-electron chi connectivity index (χ3n) is 4.10. The Bertz CT molecular complexity index is 377. The highest BCUT2D eigenvalue weighted by Crippen LogP contribution is 2.14. The topological polar surface area (TPSA) is 33.1 Å². The minimum absolute atomic E-state index is 0.880. The molecule has 1 aliphatic heterocycles. The average molecular weight is 264 g/mol. The van der Waals surface area contributed by atoms with Crippen LogP contribution in [0, 0.1) is 19.8 Å². The zero-order valence-electron chi connectivity index (χ0n) is 12.7. The molecule has 0 bridgehead atoms. The fraction of sp³-hybridized carbons (Fsp3) is 0.800. The Balaban J connectivity index is 1.56. The quantitative estimate of drug-likeness (QED) is 0.796. The first-order valence-corrected chi connectivity index (χ1v) is 7.55. The molecule has 1 saturated heterocycles. The van der Waals surface area contributed by atoms with Crippen LogP contribution in [-0.4, -0.2) is 47.9 Å². The highest BCUT2D eigenvalue weighted by Gasteiger charge is 2.15. The molecule has 0 unspecified atom stereocenters. The van der Waals surface area contributed by atoms with Crippen LogP contribution in [0.3, 0.4) is 0 Å². The lowest BCUT2D eigenvalue weighted by molar-refractivity contribution is 0.216. The van der Waals surface area contributed by atoms with Crippen molar-refractivity contribution in [2.45, 2.75) is 39.7 Å². The monoisotopic (exact) mass is 264 g/mol. The molecule has 0 aromatic carbocycles. The van der Waals surface area contributed by atoms with Gasteiger partial charge in [-0.2, -0.15) is 5.10 Å². The molecule has 0 aliphatic carbocycles. The van der Waals surface area contributed by atoms with Gasteiger partial charge in [0.1, 0.15) is 0 Å². The zero-order valence-corrected chi connectivity index (χ0v) is 12.7. The van der Waals surface area contributed by atoms with Gasteiger partial charge < -0.3 is 10.2 Å². The van der Waals surface area contributed by atoms with E-state index in [9.17, 15) is 0 Å². The van der Waals surface area contributed by atoms with E-state index < -0.39 is 0 Å². The molecular weight excluding hydrogens is 236 g/mol. The maximum atomic E-state index is 4.49. The summed E-state index contributed by atoms with van der Waals surface area (Å²) in [7, 11) is 2.22. The summed E-state index contributed by atoms with van der Waals surface area (Å²) in [5.41, 5.74) is 2.39. The summed E-state index contributed by atoms with van der Waals surface area (Å²) in [5.74, 6) is 0.880. The van der Waals surface area contributed by atoms with Crippen molar-refractivity contribution < 1.29 is 0 Å². The van der Waals surface area contributed by atoms with Crippen LogP contribution in [0.4, 0.5) is 0 Å². The lowest BCUT2D eigenvalue weighted by atomic mass is 9.97. The van der Waals surface area contributed by atoms with Crippen LogP contribution in [0.25, 0.3) is 0 Å². The molecule has 1 aliphatic rings. The van der Waals surface area contributed by atoms with E-state index in [1.807, 2.05) is 0 Å². The van der Waals surface area contributed by atoms with Crippen molar-refractivity contribution >= 4 is 0 Å². The zero-order chi connectivity index (χ0) is 13.7. The summed E-state index contributed by atoms with van der Waals surface area (Å²) in [5, 5.41) is 8.10. The van der Waals surface area contributed by atoms with Crippen LogP contribution in [0.15, 0.2) is 6.07 Å². The molecule has 2 rings (SSSR count). The predicted molar refractivity (Wildman–Crippen MR) is 79.4 cm³/mol. The van der Waals surface area contributed by atoms with Gasteiger partial charge in [-0.3, -0.25) is 4.68 Å². The third kappa shape index (κ3) is 4.62. The lowest BCUT2D eigenvalue weighted by Gasteiger charge is -2.29. The Morgan fingerprint density at radius 3 is 2.68 bits per heavy atom. The van der Waals surface area contributed by atoms with Crippen molar-refractivity contribution in [3.8, 4) is 0 Å². The molecule has 108 valence electrons. The van der Waals surface area contributed by atoms with Crippen LogP contribution in [0.5, 0.6) is 0 Å².